The molecule has 5 heteroatoms. The van der Waals surface area contributed by atoms with Crippen LogP contribution in [0.1, 0.15) is 17.2 Å². The van der Waals surface area contributed by atoms with Crippen LogP contribution in [-0.2, 0) is 0 Å². The Hall–Kier alpha value is -1.54. The number of aliphatic hydroxyl groups excluding tert-OH is 1. The third kappa shape index (κ3) is 3.97. The van der Waals surface area contributed by atoms with Crippen LogP contribution < -0.4 is 5.32 Å². The molecule has 2 N–H and O–H groups in total. The van der Waals surface area contributed by atoms with E-state index < -0.39 is 6.10 Å². The van der Waals surface area contributed by atoms with Crippen LogP contribution in [0.2, 0.25) is 5.02 Å². The highest BCUT2D eigenvalue weighted by molar-refractivity contribution is 9.10. The molecule has 102 valence electrons. The lowest BCUT2D eigenvalue weighted by Gasteiger charge is -2.14. The van der Waals surface area contributed by atoms with Crippen LogP contribution in [0.25, 0.3) is 0 Å². The van der Waals surface area contributed by atoms with E-state index >= 15 is 0 Å². The molecule has 20 heavy (non-hydrogen) atoms. The number of hydrogen-bond acceptors (Lipinski definition) is 3. The molecule has 2 rings (SSSR count). The Morgan fingerprint density at radius 2 is 1.95 bits per heavy atom. The van der Waals surface area contributed by atoms with E-state index in [-0.39, 0.29) is 0 Å². The number of nitriles is 1. The molecule has 0 radical (unpaired) electrons. The zero-order chi connectivity index (χ0) is 14.5. The molecule has 0 aliphatic rings. The zero-order valence-electron chi connectivity index (χ0n) is 10.5. The molecule has 0 spiro atoms. The number of nitrogens with one attached hydrogen (secondary N) is 1. The number of hydrogen-bond donors (Lipinski definition) is 2. The van der Waals surface area contributed by atoms with Crippen LogP contribution in [0, 0.1) is 11.3 Å². The highest BCUT2D eigenvalue weighted by Gasteiger charge is 2.09. The first kappa shape index (κ1) is 14.9. The van der Waals surface area contributed by atoms with Gasteiger partial charge in [0.25, 0.3) is 0 Å². The first-order valence-electron chi connectivity index (χ1n) is 5.96. The average Bonchev–Trinajstić information content (AvgIpc) is 2.45. The number of anilines is 1. The minimum atomic E-state index is -0.732. The Morgan fingerprint density at radius 3 is 2.60 bits per heavy atom. The fraction of sp³-hybridized carbons (Fsp3) is 0.133. The summed E-state index contributed by atoms with van der Waals surface area (Å²) in [6.07, 6.45) is -0.732. The molecule has 3 nitrogen and oxygen atoms in total. The summed E-state index contributed by atoms with van der Waals surface area (Å²) in [6, 6.07) is 14.6. The maximum absolute atomic E-state index is 10.1. The normalized spacial score (nSPS) is 11.7. The van der Waals surface area contributed by atoms with Crippen LogP contribution in [-0.4, -0.2) is 11.7 Å². The third-order valence-electron chi connectivity index (χ3n) is 2.78. The molecule has 0 heterocycles. The topological polar surface area (TPSA) is 56.0 Å². The van der Waals surface area contributed by atoms with E-state index in [0.29, 0.717) is 22.7 Å². The van der Waals surface area contributed by atoms with Gasteiger partial charge in [-0.25, -0.2) is 0 Å². The summed E-state index contributed by atoms with van der Waals surface area (Å²) in [5, 5.41) is 22.6. The predicted molar refractivity (Wildman–Crippen MR) is 83.8 cm³/mol. The molecule has 0 bridgehead atoms. The maximum Gasteiger partial charge on any atom is 0.0992 e. The molecular formula is C15H12BrClN2O. The smallest absolute Gasteiger partial charge is 0.0992 e. The summed E-state index contributed by atoms with van der Waals surface area (Å²) in [7, 11) is 0. The lowest BCUT2D eigenvalue weighted by Crippen LogP contribution is -2.12. The van der Waals surface area contributed by atoms with Gasteiger partial charge in [0.1, 0.15) is 0 Å². The Bertz CT molecular complexity index is 637. The Labute approximate surface area is 130 Å². The summed E-state index contributed by atoms with van der Waals surface area (Å²) in [4.78, 5) is 0. The van der Waals surface area contributed by atoms with Crippen molar-refractivity contribution in [3.05, 3.63) is 63.1 Å². The van der Waals surface area contributed by atoms with Crippen molar-refractivity contribution >= 4 is 33.2 Å². The van der Waals surface area contributed by atoms with E-state index in [2.05, 4.69) is 21.2 Å². The van der Waals surface area contributed by atoms with E-state index in [0.717, 1.165) is 10.2 Å². The van der Waals surface area contributed by atoms with Gasteiger partial charge in [-0.1, -0.05) is 27.5 Å². The monoisotopic (exact) mass is 350 g/mol. The van der Waals surface area contributed by atoms with E-state index in [4.69, 9.17) is 16.9 Å². The summed E-state index contributed by atoms with van der Waals surface area (Å²) in [6.45, 7) is 0.340. The maximum atomic E-state index is 10.1. The van der Waals surface area contributed by atoms with Gasteiger partial charge in [0.15, 0.2) is 0 Å². The molecule has 0 saturated carbocycles. The lowest BCUT2D eigenvalue weighted by atomic mass is 10.1. The first-order chi connectivity index (χ1) is 9.58. The number of benzene rings is 2. The molecule has 0 aliphatic carbocycles. The van der Waals surface area contributed by atoms with Gasteiger partial charge in [0, 0.05) is 21.7 Å². The van der Waals surface area contributed by atoms with Crippen LogP contribution >= 0.6 is 27.5 Å². The number of halogens is 2. The molecule has 2 aromatic rings. The second-order valence-electron chi connectivity index (χ2n) is 4.29. The van der Waals surface area contributed by atoms with Crippen molar-refractivity contribution in [3.63, 3.8) is 0 Å². The summed E-state index contributed by atoms with van der Waals surface area (Å²) in [5.74, 6) is 0. The van der Waals surface area contributed by atoms with Gasteiger partial charge in [-0.05, 0) is 48.0 Å². The highest BCUT2D eigenvalue weighted by Crippen LogP contribution is 2.21. The third-order valence-corrected chi connectivity index (χ3v) is 3.52. The van der Waals surface area contributed by atoms with Crippen molar-refractivity contribution in [2.75, 3.05) is 11.9 Å². The molecule has 2 aromatic carbocycles. The van der Waals surface area contributed by atoms with Crippen molar-refractivity contribution in [1.29, 1.82) is 5.26 Å². The van der Waals surface area contributed by atoms with E-state index in [1.807, 2.05) is 30.3 Å². The van der Waals surface area contributed by atoms with Gasteiger partial charge in [-0.3, -0.25) is 0 Å². The van der Waals surface area contributed by atoms with E-state index in [1.54, 1.807) is 18.2 Å². The van der Waals surface area contributed by atoms with Gasteiger partial charge in [0.05, 0.1) is 17.7 Å². The van der Waals surface area contributed by atoms with Crippen LogP contribution in [0.4, 0.5) is 5.69 Å². The minimum Gasteiger partial charge on any atom is -0.387 e. The van der Waals surface area contributed by atoms with Crippen LogP contribution in [0.3, 0.4) is 0 Å². The number of rotatable bonds is 4. The average molecular weight is 352 g/mol. The van der Waals surface area contributed by atoms with Gasteiger partial charge >= 0.3 is 0 Å². The van der Waals surface area contributed by atoms with Crippen molar-refractivity contribution < 1.29 is 5.11 Å². The molecule has 0 aromatic heterocycles. The molecule has 0 saturated heterocycles. The van der Waals surface area contributed by atoms with Gasteiger partial charge in [-0.2, -0.15) is 5.26 Å². The second kappa shape index (κ2) is 6.76. The molecular weight excluding hydrogens is 340 g/mol. The standard InChI is InChI=1S/C15H12BrClN2O/c16-12-1-3-14(4-2-12)19-9-15(20)11-5-10(8-18)6-13(17)7-11/h1-7,15,19-20H,9H2. The predicted octanol–water partition coefficient (Wildman–Crippen LogP) is 4.12. The zero-order valence-corrected chi connectivity index (χ0v) is 12.8. The van der Waals surface area contributed by atoms with Gasteiger partial charge < -0.3 is 10.4 Å². The number of aliphatic hydroxyl groups is 1. The molecule has 1 unspecified atom stereocenters. The van der Waals surface area contributed by atoms with Crippen molar-refractivity contribution in [3.8, 4) is 6.07 Å². The molecule has 0 amide bonds. The van der Waals surface area contributed by atoms with Crippen molar-refractivity contribution in [2.45, 2.75) is 6.10 Å². The van der Waals surface area contributed by atoms with Crippen molar-refractivity contribution in [2.24, 2.45) is 0 Å². The van der Waals surface area contributed by atoms with Crippen LogP contribution in [0.5, 0.6) is 0 Å². The Kier molecular flexibility index (Phi) is 5.02. The Morgan fingerprint density at radius 1 is 1.25 bits per heavy atom. The number of nitrogens with zero attached hydrogens (tertiary/aromatic N) is 1. The van der Waals surface area contributed by atoms with Crippen molar-refractivity contribution in [1.82, 2.24) is 0 Å². The molecule has 0 aliphatic heterocycles. The van der Waals surface area contributed by atoms with Crippen LogP contribution in [0.15, 0.2) is 46.9 Å². The largest absolute Gasteiger partial charge is 0.387 e. The summed E-state index contributed by atoms with van der Waals surface area (Å²) < 4.78 is 0.997. The summed E-state index contributed by atoms with van der Waals surface area (Å²) >= 11 is 9.28. The van der Waals surface area contributed by atoms with E-state index in [1.165, 1.54) is 0 Å². The van der Waals surface area contributed by atoms with E-state index in [9.17, 15) is 5.11 Å². The van der Waals surface area contributed by atoms with Gasteiger partial charge in [-0.15, -0.1) is 0 Å². The minimum absolute atomic E-state index is 0.340. The summed E-state index contributed by atoms with van der Waals surface area (Å²) in [5.41, 5.74) is 1.98. The Balaban J connectivity index is 2.05. The fourth-order valence-electron chi connectivity index (χ4n) is 1.77. The molecule has 1 atom stereocenters. The lowest BCUT2D eigenvalue weighted by molar-refractivity contribution is 0.191. The fourth-order valence-corrected chi connectivity index (χ4v) is 2.28. The van der Waals surface area contributed by atoms with Gasteiger partial charge in [0.2, 0.25) is 0 Å². The second-order valence-corrected chi connectivity index (χ2v) is 5.64. The quantitative estimate of drug-likeness (QED) is 0.871. The molecule has 0 fully saturated rings. The highest BCUT2D eigenvalue weighted by atomic mass is 79.9. The SMILES string of the molecule is N#Cc1cc(Cl)cc(C(O)CNc2ccc(Br)cc2)c1. The first-order valence-corrected chi connectivity index (χ1v) is 7.13.